The third-order valence-corrected chi connectivity index (χ3v) is 3.20. The van der Waals surface area contributed by atoms with Crippen LogP contribution < -0.4 is 0 Å². The first kappa shape index (κ1) is 12.6. The van der Waals surface area contributed by atoms with Gasteiger partial charge in [0.25, 0.3) is 0 Å². The van der Waals surface area contributed by atoms with Gasteiger partial charge in [-0.3, -0.25) is 4.68 Å². The van der Waals surface area contributed by atoms with E-state index in [2.05, 4.69) is 23.3 Å². The maximum Gasteiger partial charge on any atom is 0.115 e. The van der Waals surface area contributed by atoms with E-state index in [0.717, 1.165) is 30.6 Å². The Hall–Kier alpha value is -1.84. The van der Waals surface area contributed by atoms with Crippen molar-refractivity contribution in [1.29, 1.82) is 0 Å². The summed E-state index contributed by atoms with van der Waals surface area (Å²) in [5.41, 5.74) is 2.16. The van der Waals surface area contributed by atoms with Crippen molar-refractivity contribution in [3.05, 3.63) is 41.7 Å². The minimum atomic E-state index is 0.322. The molecular formula is C14H19N3O. The smallest absolute Gasteiger partial charge is 0.115 e. The van der Waals surface area contributed by atoms with E-state index in [1.165, 1.54) is 0 Å². The third kappa shape index (κ3) is 2.88. The molecule has 0 amide bonds. The van der Waals surface area contributed by atoms with E-state index in [0.29, 0.717) is 11.7 Å². The molecule has 0 radical (unpaired) electrons. The van der Waals surface area contributed by atoms with Crippen LogP contribution in [0.1, 0.15) is 37.4 Å². The quantitative estimate of drug-likeness (QED) is 0.881. The molecular weight excluding hydrogens is 226 g/mol. The lowest BCUT2D eigenvalue weighted by molar-refractivity contribution is 0.473. The molecule has 2 aromatic rings. The van der Waals surface area contributed by atoms with Crippen molar-refractivity contribution in [2.24, 2.45) is 0 Å². The van der Waals surface area contributed by atoms with Crippen LogP contribution in [-0.4, -0.2) is 20.1 Å². The maximum atomic E-state index is 9.53. The molecule has 1 aromatic heterocycles. The molecule has 0 fully saturated rings. The zero-order chi connectivity index (χ0) is 13.0. The standard InChI is InChI=1S/C14H19N3O/c1-3-11(12-6-5-7-14(18)9-12)8-13-10-17(4-2)16-15-13/h5-7,9-11,18H,3-4,8H2,1-2H3. The van der Waals surface area contributed by atoms with E-state index in [-0.39, 0.29) is 0 Å². The minimum Gasteiger partial charge on any atom is -0.508 e. The molecule has 0 aliphatic rings. The molecule has 0 spiro atoms. The highest BCUT2D eigenvalue weighted by atomic mass is 16.3. The molecule has 1 atom stereocenters. The van der Waals surface area contributed by atoms with Crippen molar-refractivity contribution in [3.8, 4) is 5.75 Å². The topological polar surface area (TPSA) is 50.9 Å². The number of hydrogen-bond donors (Lipinski definition) is 1. The lowest BCUT2D eigenvalue weighted by atomic mass is 9.92. The lowest BCUT2D eigenvalue weighted by Crippen LogP contribution is -2.02. The van der Waals surface area contributed by atoms with Gasteiger partial charge in [-0.15, -0.1) is 5.10 Å². The van der Waals surface area contributed by atoms with Crippen molar-refractivity contribution in [3.63, 3.8) is 0 Å². The summed E-state index contributed by atoms with van der Waals surface area (Å²) in [6.07, 6.45) is 3.87. The van der Waals surface area contributed by atoms with E-state index in [9.17, 15) is 5.11 Å². The fourth-order valence-corrected chi connectivity index (χ4v) is 2.12. The van der Waals surface area contributed by atoms with Gasteiger partial charge in [-0.25, -0.2) is 0 Å². The second kappa shape index (κ2) is 5.67. The number of rotatable bonds is 5. The number of aromatic nitrogens is 3. The van der Waals surface area contributed by atoms with Gasteiger partial charge in [-0.1, -0.05) is 24.3 Å². The number of hydrogen-bond acceptors (Lipinski definition) is 3. The van der Waals surface area contributed by atoms with Gasteiger partial charge in [0.15, 0.2) is 0 Å². The summed E-state index contributed by atoms with van der Waals surface area (Å²) in [6, 6.07) is 7.47. The largest absolute Gasteiger partial charge is 0.508 e. The normalized spacial score (nSPS) is 12.6. The molecule has 0 saturated carbocycles. The van der Waals surface area contributed by atoms with Crippen LogP contribution in [-0.2, 0) is 13.0 Å². The molecule has 4 heteroatoms. The number of nitrogens with zero attached hydrogens (tertiary/aromatic N) is 3. The lowest BCUT2D eigenvalue weighted by Gasteiger charge is -2.13. The number of phenolic OH excluding ortho intramolecular Hbond substituents is 1. The number of phenols is 1. The molecule has 0 aliphatic heterocycles. The minimum absolute atomic E-state index is 0.322. The van der Waals surface area contributed by atoms with Crippen molar-refractivity contribution in [2.45, 2.75) is 39.2 Å². The Bertz CT molecular complexity index is 507. The first-order valence-electron chi connectivity index (χ1n) is 6.40. The second-order valence-electron chi connectivity index (χ2n) is 4.47. The van der Waals surface area contributed by atoms with E-state index in [1.54, 1.807) is 6.07 Å². The summed E-state index contributed by atoms with van der Waals surface area (Å²) >= 11 is 0. The molecule has 0 bridgehead atoms. The summed E-state index contributed by atoms with van der Waals surface area (Å²) in [5, 5.41) is 17.8. The maximum absolute atomic E-state index is 9.53. The Morgan fingerprint density at radius 1 is 1.33 bits per heavy atom. The number of aryl methyl sites for hydroxylation is 1. The van der Waals surface area contributed by atoms with Gasteiger partial charge in [-0.2, -0.15) is 0 Å². The van der Waals surface area contributed by atoms with Gasteiger partial charge in [-0.05, 0) is 43.4 Å². The van der Waals surface area contributed by atoms with E-state index in [1.807, 2.05) is 29.9 Å². The van der Waals surface area contributed by atoms with Crippen molar-refractivity contribution < 1.29 is 5.11 Å². The average molecular weight is 245 g/mol. The first-order valence-corrected chi connectivity index (χ1v) is 6.40. The van der Waals surface area contributed by atoms with Crippen molar-refractivity contribution in [1.82, 2.24) is 15.0 Å². The molecule has 2 rings (SSSR count). The van der Waals surface area contributed by atoms with Gasteiger partial charge in [0.1, 0.15) is 5.75 Å². The molecule has 1 aromatic carbocycles. The summed E-state index contributed by atoms with van der Waals surface area (Å²) in [4.78, 5) is 0. The molecule has 0 saturated heterocycles. The van der Waals surface area contributed by atoms with Crippen LogP contribution in [0.25, 0.3) is 0 Å². The predicted molar refractivity (Wildman–Crippen MR) is 70.5 cm³/mol. The molecule has 1 unspecified atom stereocenters. The van der Waals surface area contributed by atoms with Gasteiger partial charge >= 0.3 is 0 Å². The van der Waals surface area contributed by atoms with Crippen LogP contribution in [0.5, 0.6) is 5.75 Å². The van der Waals surface area contributed by atoms with Gasteiger partial charge in [0.2, 0.25) is 0 Å². The van der Waals surface area contributed by atoms with E-state index < -0.39 is 0 Å². The van der Waals surface area contributed by atoms with Crippen molar-refractivity contribution in [2.75, 3.05) is 0 Å². The highest BCUT2D eigenvalue weighted by molar-refractivity contribution is 5.30. The molecule has 4 nitrogen and oxygen atoms in total. The van der Waals surface area contributed by atoms with Gasteiger partial charge in [0, 0.05) is 12.7 Å². The summed E-state index contributed by atoms with van der Waals surface area (Å²) in [7, 11) is 0. The summed E-state index contributed by atoms with van der Waals surface area (Å²) < 4.78 is 1.84. The Kier molecular flexibility index (Phi) is 3.97. The summed E-state index contributed by atoms with van der Waals surface area (Å²) in [6.45, 7) is 5.04. The van der Waals surface area contributed by atoms with E-state index in [4.69, 9.17) is 0 Å². The molecule has 1 heterocycles. The highest BCUT2D eigenvalue weighted by Crippen LogP contribution is 2.25. The Labute approximate surface area is 107 Å². The van der Waals surface area contributed by atoms with Crippen molar-refractivity contribution >= 4 is 0 Å². The third-order valence-electron chi connectivity index (χ3n) is 3.20. The SMILES string of the molecule is CCC(Cc1cn(CC)nn1)c1cccc(O)c1. The average Bonchev–Trinajstić information content (AvgIpc) is 2.83. The van der Waals surface area contributed by atoms with Gasteiger partial charge in [0.05, 0.1) is 5.69 Å². The Morgan fingerprint density at radius 3 is 2.78 bits per heavy atom. The zero-order valence-corrected chi connectivity index (χ0v) is 10.9. The van der Waals surface area contributed by atoms with Crippen LogP contribution in [0.15, 0.2) is 30.5 Å². The van der Waals surface area contributed by atoms with E-state index >= 15 is 0 Å². The fraction of sp³-hybridized carbons (Fsp3) is 0.429. The van der Waals surface area contributed by atoms with Crippen LogP contribution in [0.3, 0.4) is 0 Å². The number of aromatic hydroxyl groups is 1. The Balaban J connectivity index is 2.14. The zero-order valence-electron chi connectivity index (χ0n) is 10.9. The first-order chi connectivity index (χ1) is 8.72. The Morgan fingerprint density at radius 2 is 2.17 bits per heavy atom. The number of benzene rings is 1. The summed E-state index contributed by atoms with van der Waals surface area (Å²) in [5.74, 6) is 0.697. The molecule has 18 heavy (non-hydrogen) atoms. The van der Waals surface area contributed by atoms with Crippen LogP contribution in [0.4, 0.5) is 0 Å². The highest BCUT2D eigenvalue weighted by Gasteiger charge is 2.13. The second-order valence-corrected chi connectivity index (χ2v) is 4.47. The fourth-order valence-electron chi connectivity index (χ4n) is 2.12. The molecule has 0 aliphatic carbocycles. The molecule has 1 N–H and O–H groups in total. The van der Waals surface area contributed by atoms with Crippen LogP contribution in [0.2, 0.25) is 0 Å². The monoisotopic (exact) mass is 245 g/mol. The predicted octanol–water partition coefficient (Wildman–Crippen LogP) is 2.74. The van der Waals surface area contributed by atoms with Crippen LogP contribution in [0, 0.1) is 0 Å². The molecule has 96 valence electrons. The van der Waals surface area contributed by atoms with Crippen LogP contribution >= 0.6 is 0 Å². The van der Waals surface area contributed by atoms with Gasteiger partial charge < -0.3 is 5.11 Å².